The van der Waals surface area contributed by atoms with Crippen molar-refractivity contribution in [2.24, 2.45) is 0 Å². The van der Waals surface area contributed by atoms with Crippen LogP contribution in [-0.2, 0) is 4.74 Å². The van der Waals surface area contributed by atoms with Crippen LogP contribution in [-0.4, -0.2) is 37.6 Å². The summed E-state index contributed by atoms with van der Waals surface area (Å²) in [6, 6.07) is 9.51. The molecule has 2 aliphatic rings. The van der Waals surface area contributed by atoms with Crippen LogP contribution < -0.4 is 10.6 Å². The molecule has 0 radical (unpaired) electrons. The van der Waals surface area contributed by atoms with E-state index in [0.717, 1.165) is 29.4 Å². The molecule has 0 bridgehead atoms. The van der Waals surface area contributed by atoms with Crippen molar-refractivity contribution in [1.29, 1.82) is 0 Å². The highest BCUT2D eigenvalue weighted by Crippen LogP contribution is 2.34. The topological polar surface area (TPSA) is 67.4 Å². The van der Waals surface area contributed by atoms with Crippen molar-refractivity contribution in [3.05, 3.63) is 47.0 Å². The molecule has 1 saturated heterocycles. The van der Waals surface area contributed by atoms with Gasteiger partial charge in [0.1, 0.15) is 0 Å². The standard InChI is InChI=1S/C18H18N2O3/c1-10(14-9-19-7-8-23-14)12-6-5-11-3-2-4-13-15(11)16(12)18(22)20-17(13)21/h2-6,10,14,19H,7-9H2,1H3,(H,20,21,22). The Kier molecular flexibility index (Phi) is 3.39. The number of carbonyl (C=O) groups excluding carboxylic acids is 2. The maximum absolute atomic E-state index is 12.5. The molecule has 0 saturated carbocycles. The molecule has 2 aromatic rings. The van der Waals surface area contributed by atoms with Gasteiger partial charge in [0.25, 0.3) is 11.8 Å². The quantitative estimate of drug-likeness (QED) is 0.830. The first-order valence-corrected chi connectivity index (χ1v) is 7.90. The molecule has 23 heavy (non-hydrogen) atoms. The molecule has 4 rings (SSSR count). The van der Waals surface area contributed by atoms with Crippen LogP contribution in [0.25, 0.3) is 10.8 Å². The van der Waals surface area contributed by atoms with Crippen molar-refractivity contribution in [1.82, 2.24) is 10.6 Å². The van der Waals surface area contributed by atoms with E-state index in [-0.39, 0.29) is 23.8 Å². The zero-order chi connectivity index (χ0) is 16.0. The average molecular weight is 310 g/mol. The second kappa shape index (κ2) is 5.44. The lowest BCUT2D eigenvalue weighted by atomic mass is 9.84. The summed E-state index contributed by atoms with van der Waals surface area (Å²) in [7, 11) is 0. The normalized spacial score (nSPS) is 22.0. The van der Waals surface area contributed by atoms with Gasteiger partial charge in [0.15, 0.2) is 0 Å². The Bertz CT molecular complexity index is 809. The van der Waals surface area contributed by atoms with E-state index in [2.05, 4.69) is 17.6 Å². The van der Waals surface area contributed by atoms with Crippen LogP contribution in [0.2, 0.25) is 0 Å². The van der Waals surface area contributed by atoms with Crippen LogP contribution in [0.3, 0.4) is 0 Å². The minimum absolute atomic E-state index is 0.0232. The van der Waals surface area contributed by atoms with E-state index in [0.29, 0.717) is 17.7 Å². The van der Waals surface area contributed by atoms with E-state index < -0.39 is 0 Å². The number of amides is 2. The van der Waals surface area contributed by atoms with Gasteiger partial charge in [-0.05, 0) is 17.0 Å². The van der Waals surface area contributed by atoms with Crippen LogP contribution >= 0.6 is 0 Å². The summed E-state index contributed by atoms with van der Waals surface area (Å²) < 4.78 is 5.85. The number of morpholine rings is 1. The Morgan fingerprint density at radius 3 is 2.83 bits per heavy atom. The first-order chi connectivity index (χ1) is 11.2. The molecule has 2 N–H and O–H groups in total. The summed E-state index contributed by atoms with van der Waals surface area (Å²) in [6.45, 7) is 4.36. The molecule has 2 amide bonds. The number of ether oxygens (including phenoxy) is 1. The molecule has 5 nitrogen and oxygen atoms in total. The number of imide groups is 1. The second-order valence-electron chi connectivity index (χ2n) is 6.12. The molecule has 0 aliphatic carbocycles. The third kappa shape index (κ3) is 2.24. The Morgan fingerprint density at radius 1 is 1.17 bits per heavy atom. The van der Waals surface area contributed by atoms with Gasteiger partial charge in [0, 0.05) is 30.0 Å². The molecular weight excluding hydrogens is 292 g/mol. The highest BCUT2D eigenvalue weighted by Gasteiger charge is 2.31. The maximum Gasteiger partial charge on any atom is 0.259 e. The number of hydrogen-bond donors (Lipinski definition) is 2. The van der Waals surface area contributed by atoms with E-state index in [1.165, 1.54) is 0 Å². The largest absolute Gasteiger partial charge is 0.375 e. The minimum atomic E-state index is -0.325. The Morgan fingerprint density at radius 2 is 2.04 bits per heavy atom. The second-order valence-corrected chi connectivity index (χ2v) is 6.12. The summed E-state index contributed by atoms with van der Waals surface area (Å²) in [5.74, 6) is -0.576. The smallest absolute Gasteiger partial charge is 0.259 e. The molecule has 2 unspecified atom stereocenters. The zero-order valence-corrected chi connectivity index (χ0v) is 12.9. The lowest BCUT2D eigenvalue weighted by molar-refractivity contribution is 0.0145. The van der Waals surface area contributed by atoms with Gasteiger partial charge < -0.3 is 10.1 Å². The summed E-state index contributed by atoms with van der Waals surface area (Å²) in [4.78, 5) is 24.6. The van der Waals surface area contributed by atoms with Crippen molar-refractivity contribution < 1.29 is 14.3 Å². The third-order valence-corrected chi connectivity index (χ3v) is 4.78. The summed E-state index contributed by atoms with van der Waals surface area (Å²) in [5.41, 5.74) is 2.11. The molecule has 2 aromatic carbocycles. The van der Waals surface area contributed by atoms with E-state index in [9.17, 15) is 9.59 Å². The predicted octanol–water partition coefficient (Wildman–Crippen LogP) is 1.82. The van der Waals surface area contributed by atoms with Gasteiger partial charge in [-0.15, -0.1) is 0 Å². The minimum Gasteiger partial charge on any atom is -0.375 e. The first-order valence-electron chi connectivity index (χ1n) is 7.90. The van der Waals surface area contributed by atoms with Crippen LogP contribution in [0.15, 0.2) is 30.3 Å². The lowest BCUT2D eigenvalue weighted by Crippen LogP contribution is -2.42. The van der Waals surface area contributed by atoms with Crippen molar-refractivity contribution >= 4 is 22.6 Å². The maximum atomic E-state index is 12.5. The van der Waals surface area contributed by atoms with Crippen molar-refractivity contribution in [2.45, 2.75) is 18.9 Å². The first kappa shape index (κ1) is 14.4. The van der Waals surface area contributed by atoms with Gasteiger partial charge in [0.2, 0.25) is 0 Å². The van der Waals surface area contributed by atoms with E-state index in [4.69, 9.17) is 4.74 Å². The Labute approximate surface area is 134 Å². The Hall–Kier alpha value is -2.24. The lowest BCUT2D eigenvalue weighted by Gasteiger charge is -2.31. The van der Waals surface area contributed by atoms with E-state index in [1.807, 2.05) is 24.3 Å². The fourth-order valence-corrected chi connectivity index (χ4v) is 3.55. The van der Waals surface area contributed by atoms with E-state index in [1.54, 1.807) is 6.07 Å². The number of benzene rings is 2. The summed E-state index contributed by atoms with van der Waals surface area (Å²) in [5, 5.41) is 7.46. The third-order valence-electron chi connectivity index (χ3n) is 4.78. The number of rotatable bonds is 2. The number of nitrogens with one attached hydrogen (secondary N) is 2. The van der Waals surface area contributed by atoms with Gasteiger partial charge in [-0.2, -0.15) is 0 Å². The molecule has 2 heterocycles. The molecular formula is C18H18N2O3. The van der Waals surface area contributed by atoms with Crippen LogP contribution in [0, 0.1) is 0 Å². The van der Waals surface area contributed by atoms with Gasteiger partial charge >= 0.3 is 0 Å². The fraction of sp³-hybridized carbons (Fsp3) is 0.333. The molecule has 1 fully saturated rings. The van der Waals surface area contributed by atoms with Crippen LogP contribution in [0.1, 0.15) is 39.1 Å². The molecule has 0 spiro atoms. The summed E-state index contributed by atoms with van der Waals surface area (Å²) >= 11 is 0. The number of carbonyl (C=O) groups is 2. The zero-order valence-electron chi connectivity index (χ0n) is 12.9. The van der Waals surface area contributed by atoms with Gasteiger partial charge in [-0.1, -0.05) is 31.2 Å². The van der Waals surface area contributed by atoms with Gasteiger partial charge in [-0.25, -0.2) is 0 Å². The average Bonchev–Trinajstić information content (AvgIpc) is 2.59. The van der Waals surface area contributed by atoms with Crippen LogP contribution in [0.4, 0.5) is 0 Å². The molecule has 2 atom stereocenters. The van der Waals surface area contributed by atoms with Crippen molar-refractivity contribution in [3.63, 3.8) is 0 Å². The number of hydrogen-bond acceptors (Lipinski definition) is 4. The monoisotopic (exact) mass is 310 g/mol. The van der Waals surface area contributed by atoms with Gasteiger partial charge in [0.05, 0.1) is 18.3 Å². The van der Waals surface area contributed by atoms with Gasteiger partial charge in [-0.3, -0.25) is 14.9 Å². The molecule has 2 aliphatic heterocycles. The van der Waals surface area contributed by atoms with Crippen LogP contribution in [0.5, 0.6) is 0 Å². The highest BCUT2D eigenvalue weighted by atomic mass is 16.5. The molecule has 5 heteroatoms. The molecule has 0 aromatic heterocycles. The van der Waals surface area contributed by atoms with Crippen molar-refractivity contribution in [2.75, 3.05) is 19.7 Å². The fourth-order valence-electron chi connectivity index (χ4n) is 3.55. The molecule has 118 valence electrons. The summed E-state index contributed by atoms with van der Waals surface area (Å²) in [6.07, 6.45) is 0.0232. The predicted molar refractivity (Wildman–Crippen MR) is 86.8 cm³/mol. The van der Waals surface area contributed by atoms with Crippen molar-refractivity contribution in [3.8, 4) is 0 Å². The highest BCUT2D eigenvalue weighted by molar-refractivity contribution is 6.26. The SMILES string of the molecule is CC(c1ccc2cccc3c2c1C(=O)NC3=O)C1CNCCO1. The van der Waals surface area contributed by atoms with E-state index >= 15 is 0 Å². The Balaban J connectivity index is 1.90.